The van der Waals surface area contributed by atoms with Gasteiger partial charge in [0.1, 0.15) is 10.7 Å². The molecule has 0 bridgehead atoms. The summed E-state index contributed by atoms with van der Waals surface area (Å²) in [6.07, 6.45) is 2.43. The Labute approximate surface area is 155 Å². The molecule has 0 spiro atoms. The van der Waals surface area contributed by atoms with Gasteiger partial charge in [-0.3, -0.25) is 0 Å². The van der Waals surface area contributed by atoms with Gasteiger partial charge in [-0.2, -0.15) is 11.3 Å². The number of thiophene rings is 1. The lowest BCUT2D eigenvalue weighted by Crippen LogP contribution is -2.42. The molecular weight excluding hydrogens is 352 g/mol. The van der Waals surface area contributed by atoms with Crippen LogP contribution in [0.3, 0.4) is 0 Å². The minimum absolute atomic E-state index is 0.222. The molecule has 5 nitrogen and oxygen atoms in total. The monoisotopic (exact) mass is 372 g/mol. The number of piperidine rings is 1. The van der Waals surface area contributed by atoms with Crippen LogP contribution < -0.4 is 4.90 Å². The van der Waals surface area contributed by atoms with Gasteiger partial charge in [0.15, 0.2) is 0 Å². The number of aromatic nitrogens is 3. The number of thiazole rings is 1. The molecule has 0 aromatic carbocycles. The quantitative estimate of drug-likeness (QED) is 0.757. The largest absolute Gasteiger partial charge is 0.393 e. The smallest absolute Gasteiger partial charge is 0.225 e. The van der Waals surface area contributed by atoms with Gasteiger partial charge in [-0.05, 0) is 41.7 Å². The molecule has 1 N–H and O–H groups in total. The molecular formula is C18H20N4OS2. The zero-order valence-electron chi connectivity index (χ0n) is 14.2. The first kappa shape index (κ1) is 16.6. The van der Waals surface area contributed by atoms with Crippen LogP contribution in [0.2, 0.25) is 0 Å². The molecule has 0 aliphatic carbocycles. The van der Waals surface area contributed by atoms with E-state index in [-0.39, 0.29) is 12.0 Å². The van der Waals surface area contributed by atoms with Gasteiger partial charge in [0.25, 0.3) is 0 Å². The normalized spacial score (nSPS) is 20.8. The Morgan fingerprint density at radius 2 is 2.16 bits per heavy atom. The van der Waals surface area contributed by atoms with Crippen molar-refractivity contribution < 1.29 is 5.11 Å². The van der Waals surface area contributed by atoms with Crippen LogP contribution in [0.15, 0.2) is 28.4 Å². The molecule has 3 aromatic heterocycles. The SMILES string of the molecule is Cc1csc(-c2nc(N3CC[C@@H](O)[C@H](C)C3)ncc2-c2ccsc2)n1. The molecule has 25 heavy (non-hydrogen) atoms. The van der Waals surface area contributed by atoms with E-state index in [1.165, 1.54) is 0 Å². The summed E-state index contributed by atoms with van der Waals surface area (Å²) in [5.74, 6) is 0.944. The molecule has 1 aliphatic rings. The fraction of sp³-hybridized carbons (Fsp3) is 0.389. The summed E-state index contributed by atoms with van der Waals surface area (Å²) in [6, 6.07) is 2.09. The van der Waals surface area contributed by atoms with Crippen molar-refractivity contribution in [1.82, 2.24) is 15.0 Å². The zero-order chi connectivity index (χ0) is 17.4. The van der Waals surface area contributed by atoms with Gasteiger partial charge >= 0.3 is 0 Å². The lowest BCUT2D eigenvalue weighted by molar-refractivity contribution is 0.0966. The highest BCUT2D eigenvalue weighted by Crippen LogP contribution is 2.34. The number of aliphatic hydroxyl groups excluding tert-OH is 1. The van der Waals surface area contributed by atoms with Crippen LogP contribution in [-0.4, -0.2) is 39.3 Å². The highest BCUT2D eigenvalue weighted by atomic mass is 32.1. The van der Waals surface area contributed by atoms with Crippen LogP contribution in [0.4, 0.5) is 5.95 Å². The number of hydrogen-bond donors (Lipinski definition) is 1. The average Bonchev–Trinajstić information content (AvgIpc) is 3.28. The van der Waals surface area contributed by atoms with Gasteiger partial charge in [-0.25, -0.2) is 15.0 Å². The third-order valence-electron chi connectivity index (χ3n) is 4.57. The molecule has 0 unspecified atom stereocenters. The van der Waals surface area contributed by atoms with Crippen LogP contribution in [0.1, 0.15) is 19.0 Å². The molecule has 0 saturated carbocycles. The van der Waals surface area contributed by atoms with Crippen molar-refractivity contribution in [2.45, 2.75) is 26.4 Å². The minimum Gasteiger partial charge on any atom is -0.393 e. The maximum atomic E-state index is 9.97. The van der Waals surface area contributed by atoms with E-state index in [1.807, 2.05) is 18.5 Å². The summed E-state index contributed by atoms with van der Waals surface area (Å²) >= 11 is 3.28. The molecule has 1 aliphatic heterocycles. The standard InChI is InChI=1S/C18H20N4OS2/c1-11-8-22(5-3-15(11)23)18-19-7-14(13-4-6-24-10-13)16(21-18)17-20-12(2)9-25-17/h4,6-7,9-11,15,23H,3,5,8H2,1-2H3/t11-,15-/m1/s1. The van der Waals surface area contributed by atoms with E-state index < -0.39 is 0 Å². The molecule has 3 aromatic rings. The highest BCUT2D eigenvalue weighted by molar-refractivity contribution is 7.13. The Balaban J connectivity index is 1.76. The molecule has 0 radical (unpaired) electrons. The number of nitrogens with zero attached hydrogens (tertiary/aromatic N) is 4. The van der Waals surface area contributed by atoms with Gasteiger partial charge in [-0.15, -0.1) is 11.3 Å². The van der Waals surface area contributed by atoms with Crippen LogP contribution in [-0.2, 0) is 0 Å². The Hall–Kier alpha value is -1.83. The summed E-state index contributed by atoms with van der Waals surface area (Å²) in [5.41, 5.74) is 4.04. The van der Waals surface area contributed by atoms with E-state index in [1.54, 1.807) is 22.7 Å². The van der Waals surface area contributed by atoms with Crippen molar-refractivity contribution in [3.8, 4) is 21.8 Å². The molecule has 4 heterocycles. The lowest BCUT2D eigenvalue weighted by Gasteiger charge is -2.34. The summed E-state index contributed by atoms with van der Waals surface area (Å²) in [4.78, 5) is 16.3. The molecule has 4 rings (SSSR count). The van der Waals surface area contributed by atoms with Gasteiger partial charge in [-0.1, -0.05) is 6.92 Å². The predicted octanol–water partition coefficient (Wildman–Crippen LogP) is 3.84. The number of aryl methyl sites for hydroxylation is 1. The van der Waals surface area contributed by atoms with Crippen LogP contribution >= 0.6 is 22.7 Å². The van der Waals surface area contributed by atoms with Crippen molar-refractivity contribution in [1.29, 1.82) is 0 Å². The Morgan fingerprint density at radius 3 is 2.84 bits per heavy atom. The first-order valence-corrected chi connectivity index (χ1v) is 10.2. The molecule has 1 saturated heterocycles. The number of hydrogen-bond acceptors (Lipinski definition) is 7. The van der Waals surface area contributed by atoms with Crippen molar-refractivity contribution in [2.24, 2.45) is 5.92 Å². The van der Waals surface area contributed by atoms with E-state index in [2.05, 4.69) is 38.6 Å². The first-order valence-electron chi connectivity index (χ1n) is 8.37. The Bertz CT molecular complexity index is 862. The fourth-order valence-corrected chi connectivity index (χ4v) is 4.55. The second kappa shape index (κ2) is 6.82. The van der Waals surface area contributed by atoms with Crippen molar-refractivity contribution in [3.05, 3.63) is 34.1 Å². The van der Waals surface area contributed by atoms with E-state index in [0.717, 1.165) is 53.0 Å². The Morgan fingerprint density at radius 1 is 1.28 bits per heavy atom. The molecule has 1 fully saturated rings. The Kier molecular flexibility index (Phi) is 4.54. The zero-order valence-corrected chi connectivity index (χ0v) is 15.8. The maximum Gasteiger partial charge on any atom is 0.225 e. The first-order chi connectivity index (χ1) is 12.1. The van der Waals surface area contributed by atoms with Crippen molar-refractivity contribution in [2.75, 3.05) is 18.0 Å². The summed E-state index contributed by atoms with van der Waals surface area (Å²) in [7, 11) is 0. The van der Waals surface area contributed by atoms with E-state index >= 15 is 0 Å². The van der Waals surface area contributed by atoms with Crippen LogP contribution in [0.5, 0.6) is 0 Å². The van der Waals surface area contributed by atoms with Gasteiger partial charge in [0, 0.05) is 35.9 Å². The summed E-state index contributed by atoms with van der Waals surface area (Å²) in [5, 5.41) is 17.1. The molecule has 2 atom stereocenters. The predicted molar refractivity (Wildman–Crippen MR) is 103 cm³/mol. The van der Waals surface area contributed by atoms with Crippen LogP contribution in [0, 0.1) is 12.8 Å². The third kappa shape index (κ3) is 3.31. The van der Waals surface area contributed by atoms with E-state index in [4.69, 9.17) is 4.98 Å². The summed E-state index contributed by atoms with van der Waals surface area (Å²) < 4.78 is 0. The van der Waals surface area contributed by atoms with Gasteiger partial charge < -0.3 is 10.0 Å². The second-order valence-electron chi connectivity index (χ2n) is 6.52. The van der Waals surface area contributed by atoms with Gasteiger partial charge in [0.2, 0.25) is 5.95 Å². The van der Waals surface area contributed by atoms with E-state index in [9.17, 15) is 5.11 Å². The van der Waals surface area contributed by atoms with Crippen molar-refractivity contribution in [3.63, 3.8) is 0 Å². The fourth-order valence-electron chi connectivity index (χ4n) is 3.09. The van der Waals surface area contributed by atoms with Crippen molar-refractivity contribution >= 4 is 28.6 Å². The average molecular weight is 373 g/mol. The van der Waals surface area contributed by atoms with E-state index in [0.29, 0.717) is 0 Å². The molecule has 7 heteroatoms. The summed E-state index contributed by atoms with van der Waals surface area (Å²) in [6.45, 7) is 5.62. The minimum atomic E-state index is -0.234. The van der Waals surface area contributed by atoms with Gasteiger partial charge in [0.05, 0.1) is 6.10 Å². The highest BCUT2D eigenvalue weighted by Gasteiger charge is 2.26. The molecule has 130 valence electrons. The molecule has 0 amide bonds. The topological polar surface area (TPSA) is 62.1 Å². The third-order valence-corrected chi connectivity index (χ3v) is 6.22. The van der Waals surface area contributed by atoms with Crippen LogP contribution in [0.25, 0.3) is 21.8 Å². The number of rotatable bonds is 3. The maximum absolute atomic E-state index is 9.97. The lowest BCUT2D eigenvalue weighted by atomic mass is 9.97. The number of aliphatic hydroxyl groups is 1. The number of anilines is 1. The second-order valence-corrected chi connectivity index (χ2v) is 8.16.